The lowest BCUT2D eigenvalue weighted by atomic mass is 10.2. The highest BCUT2D eigenvalue weighted by molar-refractivity contribution is 7.13. The molecule has 1 aliphatic rings. The zero-order valence-electron chi connectivity index (χ0n) is 11.2. The Kier molecular flexibility index (Phi) is 4.11. The van der Waals surface area contributed by atoms with Crippen molar-refractivity contribution in [3.63, 3.8) is 0 Å². The summed E-state index contributed by atoms with van der Waals surface area (Å²) >= 11 is 1.59. The molecule has 1 fully saturated rings. The number of hydrogen-bond donors (Lipinski definition) is 1. The summed E-state index contributed by atoms with van der Waals surface area (Å²) in [7, 11) is 0. The van der Waals surface area contributed by atoms with Crippen molar-refractivity contribution < 1.29 is 14.4 Å². The van der Waals surface area contributed by atoms with Crippen LogP contribution in [0.5, 0.6) is 0 Å². The largest absolute Gasteiger partial charge is 0.394 e. The number of rotatable bonds is 4. The monoisotopic (exact) mass is 295 g/mol. The van der Waals surface area contributed by atoms with Gasteiger partial charge < -0.3 is 14.4 Å². The van der Waals surface area contributed by atoms with E-state index in [0.29, 0.717) is 31.4 Å². The van der Waals surface area contributed by atoms with E-state index in [1.807, 2.05) is 17.5 Å². The van der Waals surface area contributed by atoms with Crippen LogP contribution in [0, 0.1) is 0 Å². The van der Waals surface area contributed by atoms with Gasteiger partial charge in [-0.05, 0) is 18.4 Å². The van der Waals surface area contributed by atoms with Gasteiger partial charge in [-0.1, -0.05) is 11.2 Å². The average Bonchev–Trinajstić information content (AvgIpc) is 3.12. The number of aromatic nitrogens is 2. The highest BCUT2D eigenvalue weighted by Gasteiger charge is 2.27. The third kappa shape index (κ3) is 2.90. The van der Waals surface area contributed by atoms with Gasteiger partial charge in [0, 0.05) is 12.6 Å². The third-order valence-electron chi connectivity index (χ3n) is 3.39. The van der Waals surface area contributed by atoms with Crippen LogP contribution >= 0.6 is 11.3 Å². The van der Waals surface area contributed by atoms with E-state index < -0.39 is 0 Å². The topological polar surface area (TPSA) is 71.6 Å². The van der Waals surface area contributed by atoms with Gasteiger partial charge in [0.15, 0.2) is 0 Å². The van der Waals surface area contributed by atoms with Crippen LogP contribution in [0.15, 0.2) is 22.0 Å². The maximum atomic E-state index is 9.19. The van der Waals surface area contributed by atoms with E-state index in [4.69, 9.17) is 9.26 Å². The van der Waals surface area contributed by atoms with Crippen LogP contribution in [0.1, 0.15) is 12.8 Å². The van der Waals surface area contributed by atoms with Crippen molar-refractivity contribution in [2.24, 2.45) is 0 Å². The Morgan fingerprint density at radius 1 is 1.55 bits per heavy atom. The van der Waals surface area contributed by atoms with Gasteiger partial charge in [-0.15, -0.1) is 11.3 Å². The fourth-order valence-electron chi connectivity index (χ4n) is 2.20. The first-order valence-electron chi connectivity index (χ1n) is 6.59. The Labute approximate surface area is 121 Å². The van der Waals surface area contributed by atoms with Gasteiger partial charge in [-0.3, -0.25) is 4.90 Å². The van der Waals surface area contributed by atoms with E-state index in [2.05, 4.69) is 22.0 Å². The molecule has 1 aliphatic heterocycles. The fraction of sp³-hybridized carbons (Fsp3) is 0.538. The highest BCUT2D eigenvalue weighted by atomic mass is 32.1. The standard InChI is InChI=1S/C13H17N3O3S/c1-9-8-18-10(7-17)5-16(9)6-12-14-13(15-19-12)11-3-2-4-20-11/h2-4,9-10,17H,5-8H2,1H3. The van der Waals surface area contributed by atoms with Crippen molar-refractivity contribution in [2.45, 2.75) is 25.6 Å². The number of hydrogen-bond acceptors (Lipinski definition) is 7. The van der Waals surface area contributed by atoms with Gasteiger partial charge in [-0.25, -0.2) is 0 Å². The van der Waals surface area contributed by atoms with E-state index >= 15 is 0 Å². The van der Waals surface area contributed by atoms with Gasteiger partial charge in [-0.2, -0.15) is 4.98 Å². The summed E-state index contributed by atoms with van der Waals surface area (Å²) in [5.41, 5.74) is 0. The summed E-state index contributed by atoms with van der Waals surface area (Å²) in [6, 6.07) is 4.21. The molecule has 3 heterocycles. The summed E-state index contributed by atoms with van der Waals surface area (Å²) < 4.78 is 10.8. The molecule has 0 radical (unpaired) electrons. The van der Waals surface area contributed by atoms with Crippen molar-refractivity contribution in [3.05, 3.63) is 23.4 Å². The van der Waals surface area contributed by atoms with Crippen molar-refractivity contribution in [3.8, 4) is 10.7 Å². The summed E-state index contributed by atoms with van der Waals surface area (Å²) in [5.74, 6) is 1.23. The molecule has 3 rings (SSSR count). The van der Waals surface area contributed by atoms with Crippen LogP contribution < -0.4 is 0 Å². The number of aliphatic hydroxyl groups excluding tert-OH is 1. The molecule has 1 N–H and O–H groups in total. The molecule has 7 heteroatoms. The SMILES string of the molecule is CC1COC(CO)CN1Cc1nc(-c2cccs2)no1. The molecule has 0 aliphatic carbocycles. The summed E-state index contributed by atoms with van der Waals surface area (Å²) in [4.78, 5) is 7.61. The minimum absolute atomic E-state index is 0.0352. The van der Waals surface area contributed by atoms with Crippen molar-refractivity contribution in [1.82, 2.24) is 15.0 Å². The van der Waals surface area contributed by atoms with Gasteiger partial charge >= 0.3 is 0 Å². The Bertz CT molecular complexity index is 543. The average molecular weight is 295 g/mol. The molecule has 6 nitrogen and oxygen atoms in total. The molecule has 0 saturated carbocycles. The van der Waals surface area contributed by atoms with Gasteiger partial charge in [0.05, 0.1) is 30.7 Å². The van der Waals surface area contributed by atoms with Crippen LogP contribution in [-0.4, -0.2) is 52.1 Å². The van der Waals surface area contributed by atoms with Crippen LogP contribution in [0.4, 0.5) is 0 Å². The molecule has 20 heavy (non-hydrogen) atoms. The first kappa shape index (κ1) is 13.7. The summed E-state index contributed by atoms with van der Waals surface area (Å²) in [6.07, 6.45) is -0.133. The molecular formula is C13H17N3O3S. The van der Waals surface area contributed by atoms with Crippen LogP contribution in [0.25, 0.3) is 10.7 Å². The molecule has 1 saturated heterocycles. The molecule has 0 aromatic carbocycles. The maximum absolute atomic E-state index is 9.19. The minimum Gasteiger partial charge on any atom is -0.394 e. The molecular weight excluding hydrogens is 278 g/mol. The molecule has 2 atom stereocenters. The van der Waals surface area contributed by atoms with E-state index in [1.165, 1.54) is 0 Å². The molecule has 0 amide bonds. The highest BCUT2D eigenvalue weighted by Crippen LogP contribution is 2.22. The lowest BCUT2D eigenvalue weighted by Gasteiger charge is -2.36. The first-order chi connectivity index (χ1) is 9.76. The number of ether oxygens (including phenoxy) is 1. The van der Waals surface area contributed by atoms with Crippen molar-refractivity contribution in [1.29, 1.82) is 0 Å². The molecule has 108 valence electrons. The number of nitrogens with zero attached hydrogens (tertiary/aromatic N) is 3. The molecule has 2 aromatic heterocycles. The summed E-state index contributed by atoms with van der Waals surface area (Å²) in [6.45, 7) is 3.99. The van der Waals surface area contributed by atoms with E-state index in [1.54, 1.807) is 11.3 Å². The predicted molar refractivity (Wildman–Crippen MR) is 74.3 cm³/mol. The molecule has 2 aromatic rings. The fourth-order valence-corrected chi connectivity index (χ4v) is 2.85. The van der Waals surface area contributed by atoms with Crippen molar-refractivity contribution in [2.75, 3.05) is 19.8 Å². The lowest BCUT2D eigenvalue weighted by Crippen LogP contribution is -2.48. The summed E-state index contributed by atoms with van der Waals surface area (Å²) in [5, 5.41) is 15.2. The van der Waals surface area contributed by atoms with Crippen molar-refractivity contribution >= 4 is 11.3 Å². The predicted octanol–water partition coefficient (Wildman–Crippen LogP) is 1.38. The quantitative estimate of drug-likeness (QED) is 0.919. The molecule has 0 spiro atoms. The van der Waals surface area contributed by atoms with Crippen LogP contribution in [0.3, 0.4) is 0 Å². The molecule has 0 bridgehead atoms. The van der Waals surface area contributed by atoms with E-state index in [-0.39, 0.29) is 18.8 Å². The third-order valence-corrected chi connectivity index (χ3v) is 4.25. The zero-order chi connectivity index (χ0) is 13.9. The second-order valence-electron chi connectivity index (χ2n) is 4.91. The van der Waals surface area contributed by atoms with E-state index in [0.717, 1.165) is 4.88 Å². The van der Waals surface area contributed by atoms with Gasteiger partial charge in [0.2, 0.25) is 11.7 Å². The van der Waals surface area contributed by atoms with Gasteiger partial charge in [0.25, 0.3) is 0 Å². The van der Waals surface area contributed by atoms with Crippen LogP contribution in [0.2, 0.25) is 0 Å². The Hall–Kier alpha value is -1.28. The van der Waals surface area contributed by atoms with Gasteiger partial charge in [0.1, 0.15) is 0 Å². The second-order valence-corrected chi connectivity index (χ2v) is 5.85. The molecule has 2 unspecified atom stereocenters. The Morgan fingerprint density at radius 3 is 3.20 bits per heavy atom. The van der Waals surface area contributed by atoms with Crippen LogP contribution in [-0.2, 0) is 11.3 Å². The Morgan fingerprint density at radius 2 is 2.45 bits per heavy atom. The first-order valence-corrected chi connectivity index (χ1v) is 7.47. The minimum atomic E-state index is -0.133. The maximum Gasteiger partial charge on any atom is 0.241 e. The Balaban J connectivity index is 1.68. The number of aliphatic hydroxyl groups is 1. The zero-order valence-corrected chi connectivity index (χ0v) is 12.0. The smallest absolute Gasteiger partial charge is 0.241 e. The van der Waals surface area contributed by atoms with E-state index in [9.17, 15) is 5.11 Å². The number of thiophene rings is 1. The second kappa shape index (κ2) is 6.01. The lowest BCUT2D eigenvalue weighted by molar-refractivity contribution is -0.0827. The normalized spacial score (nSPS) is 24.1. The number of morpholine rings is 1.